The van der Waals surface area contributed by atoms with Crippen LogP contribution in [0.2, 0.25) is 0 Å². The monoisotopic (exact) mass is 782 g/mol. The molecule has 278 valence electrons. The van der Waals surface area contributed by atoms with E-state index in [1.54, 1.807) is 11.3 Å². The quantitative estimate of drug-likeness (QED) is 0.179. The van der Waals surface area contributed by atoms with Gasteiger partial charge in [0.2, 0.25) is 5.95 Å². The maximum absolute atomic E-state index is 6.83. The lowest BCUT2D eigenvalue weighted by molar-refractivity contribution is 0.670. The van der Waals surface area contributed by atoms with Gasteiger partial charge in [-0.15, -0.1) is 11.3 Å². The van der Waals surface area contributed by atoms with Crippen molar-refractivity contribution in [1.29, 1.82) is 0 Å². The molecule has 0 atom stereocenters. The van der Waals surface area contributed by atoms with Crippen molar-refractivity contribution in [2.45, 2.75) is 0 Å². The van der Waals surface area contributed by atoms with Crippen LogP contribution < -0.4 is 0 Å². The molecule has 0 saturated carbocycles. The molecule has 14 rings (SSSR count). The lowest BCUT2D eigenvalue weighted by Gasteiger charge is -2.11. The van der Waals surface area contributed by atoms with E-state index in [4.69, 9.17) is 14.4 Å². The van der Waals surface area contributed by atoms with Crippen molar-refractivity contribution < 1.29 is 4.42 Å². The summed E-state index contributed by atoms with van der Waals surface area (Å²) in [5.41, 5.74) is 10.0. The second-order valence-electron chi connectivity index (χ2n) is 15.7. The Morgan fingerprint density at radius 2 is 1.05 bits per heavy atom. The van der Waals surface area contributed by atoms with Gasteiger partial charge in [-0.25, -0.2) is 9.97 Å². The zero-order valence-corrected chi connectivity index (χ0v) is 32.7. The third-order valence-electron chi connectivity index (χ3n) is 12.5. The fourth-order valence-electron chi connectivity index (χ4n) is 9.95. The molecule has 0 aliphatic carbocycles. The predicted molar refractivity (Wildman–Crippen MR) is 251 cm³/mol. The van der Waals surface area contributed by atoms with Crippen molar-refractivity contribution in [2.75, 3.05) is 0 Å². The molecule has 0 amide bonds. The van der Waals surface area contributed by atoms with Gasteiger partial charge in [-0.2, -0.15) is 0 Å². The van der Waals surface area contributed by atoms with Gasteiger partial charge in [-0.1, -0.05) is 127 Å². The summed E-state index contributed by atoms with van der Waals surface area (Å²) < 4.78 is 13.7. The lowest BCUT2D eigenvalue weighted by atomic mass is 10.0. The van der Waals surface area contributed by atoms with E-state index >= 15 is 0 Å². The van der Waals surface area contributed by atoms with E-state index in [2.05, 4.69) is 191 Å². The molecule has 0 bridgehead atoms. The Hall–Kier alpha value is -7.80. The molecule has 14 aromatic rings. The molecule has 9 aromatic carbocycles. The fourth-order valence-corrected chi connectivity index (χ4v) is 11.1. The largest absolute Gasteiger partial charge is 0.455 e. The van der Waals surface area contributed by atoms with Gasteiger partial charge in [0.25, 0.3) is 0 Å². The molecule has 0 unspecified atom stereocenters. The number of nitrogens with zero attached hydrogens (tertiary/aromatic N) is 4. The molecule has 0 fully saturated rings. The fraction of sp³-hybridized carbons (Fsp3) is 0. The van der Waals surface area contributed by atoms with Gasteiger partial charge in [0, 0.05) is 53.7 Å². The van der Waals surface area contributed by atoms with Crippen LogP contribution in [-0.2, 0) is 0 Å². The third kappa shape index (κ3) is 4.30. The number of hydrogen-bond acceptors (Lipinski definition) is 4. The normalized spacial score (nSPS) is 12.3. The van der Waals surface area contributed by atoms with Gasteiger partial charge in [0.1, 0.15) is 11.2 Å². The number of hydrogen-bond donors (Lipinski definition) is 0. The molecule has 0 saturated heterocycles. The number of fused-ring (bicyclic) bond motifs is 16. The molecule has 0 spiro atoms. The van der Waals surface area contributed by atoms with Crippen LogP contribution in [0.5, 0.6) is 0 Å². The van der Waals surface area contributed by atoms with E-state index < -0.39 is 0 Å². The van der Waals surface area contributed by atoms with Gasteiger partial charge in [0.05, 0.1) is 38.0 Å². The van der Waals surface area contributed by atoms with E-state index in [1.807, 2.05) is 0 Å². The summed E-state index contributed by atoms with van der Waals surface area (Å²) in [5, 5.41) is 12.9. The van der Waals surface area contributed by atoms with Crippen LogP contribution in [0.3, 0.4) is 0 Å². The number of furan rings is 1. The van der Waals surface area contributed by atoms with Crippen LogP contribution in [0.15, 0.2) is 186 Å². The van der Waals surface area contributed by atoms with E-state index in [9.17, 15) is 0 Å². The van der Waals surface area contributed by atoms with E-state index in [1.165, 1.54) is 53.4 Å². The predicted octanol–water partition coefficient (Wildman–Crippen LogP) is 14.9. The van der Waals surface area contributed by atoms with Crippen LogP contribution in [-0.4, -0.2) is 19.1 Å². The average Bonchev–Trinajstić information content (AvgIpc) is 4.06. The second kappa shape index (κ2) is 11.9. The first-order chi connectivity index (χ1) is 29.8. The minimum Gasteiger partial charge on any atom is -0.455 e. The molecule has 0 aliphatic heterocycles. The number of aromatic nitrogens is 4. The summed E-state index contributed by atoms with van der Waals surface area (Å²) in [6.45, 7) is 0. The van der Waals surface area contributed by atoms with Crippen LogP contribution in [0.4, 0.5) is 0 Å². The zero-order chi connectivity index (χ0) is 39.1. The number of thiophene rings is 1. The molecule has 0 radical (unpaired) electrons. The van der Waals surface area contributed by atoms with Crippen molar-refractivity contribution in [3.8, 4) is 22.9 Å². The molecule has 0 N–H and O–H groups in total. The standard InChI is InChI=1S/C54H30N4OS/c1-3-14-34-31(12-1)24-27-45-48(34)41-30-33(57-42-21-8-5-16-36(42)37-17-6-9-22-43(37)57)26-28-44(41)58(45)54-55-50-38-18-7-10-23-47(38)60-53(50)51(56-54)40-20-11-19-39-49-35-15-4-2-13-32(35)25-29-46(49)59-52(39)40/h1-30H. The summed E-state index contributed by atoms with van der Waals surface area (Å²) in [5.74, 6) is 0.625. The molecular formula is C54H30N4OS. The van der Waals surface area contributed by atoms with Gasteiger partial charge in [-0.05, 0) is 76.1 Å². The van der Waals surface area contributed by atoms with Crippen molar-refractivity contribution in [3.05, 3.63) is 182 Å². The summed E-state index contributed by atoms with van der Waals surface area (Å²) in [4.78, 5) is 11.1. The summed E-state index contributed by atoms with van der Waals surface area (Å²) >= 11 is 1.74. The molecule has 5 heterocycles. The number of para-hydroxylation sites is 3. The van der Waals surface area contributed by atoms with E-state index in [0.717, 1.165) is 70.9 Å². The first-order valence-electron chi connectivity index (χ1n) is 20.2. The smallest absolute Gasteiger partial charge is 0.235 e. The highest BCUT2D eigenvalue weighted by molar-refractivity contribution is 7.26. The highest BCUT2D eigenvalue weighted by atomic mass is 32.1. The second-order valence-corrected chi connectivity index (χ2v) is 16.7. The number of benzene rings is 9. The van der Waals surface area contributed by atoms with Gasteiger partial charge in [0.15, 0.2) is 0 Å². The van der Waals surface area contributed by atoms with Gasteiger partial charge in [-0.3, -0.25) is 4.57 Å². The van der Waals surface area contributed by atoms with Crippen molar-refractivity contribution >= 4 is 119 Å². The highest BCUT2D eigenvalue weighted by Crippen LogP contribution is 2.45. The average molecular weight is 783 g/mol. The summed E-state index contributed by atoms with van der Waals surface area (Å²) in [6, 6.07) is 65.2. The van der Waals surface area contributed by atoms with Crippen LogP contribution >= 0.6 is 11.3 Å². The van der Waals surface area contributed by atoms with Crippen LogP contribution in [0, 0.1) is 0 Å². The Morgan fingerprint density at radius 3 is 1.83 bits per heavy atom. The Labute approximate surface area is 345 Å². The zero-order valence-electron chi connectivity index (χ0n) is 31.9. The molecule has 6 heteroatoms. The SMILES string of the molecule is c1ccc2c(c1)ccc1oc3c(-c4nc(-n5c6ccc(-n7c8ccccc8c8ccccc87)cc6c6c7ccccc7ccc65)nc5c4sc4ccccc45)cccc3c12. The first kappa shape index (κ1) is 32.2. The molecule has 60 heavy (non-hydrogen) atoms. The van der Waals surface area contributed by atoms with Crippen LogP contribution in [0.25, 0.3) is 130 Å². The molecule has 5 aromatic heterocycles. The molecule has 0 aliphatic rings. The Morgan fingerprint density at radius 1 is 0.433 bits per heavy atom. The maximum atomic E-state index is 6.83. The van der Waals surface area contributed by atoms with Gasteiger partial charge < -0.3 is 8.98 Å². The van der Waals surface area contributed by atoms with Crippen molar-refractivity contribution in [2.24, 2.45) is 0 Å². The lowest BCUT2D eigenvalue weighted by Crippen LogP contribution is -2.03. The Balaban J connectivity index is 1.10. The van der Waals surface area contributed by atoms with Crippen molar-refractivity contribution in [1.82, 2.24) is 19.1 Å². The summed E-state index contributed by atoms with van der Waals surface area (Å²) in [6.07, 6.45) is 0. The first-order valence-corrected chi connectivity index (χ1v) is 21.1. The van der Waals surface area contributed by atoms with Gasteiger partial charge >= 0.3 is 0 Å². The van der Waals surface area contributed by atoms with Crippen molar-refractivity contribution in [3.63, 3.8) is 0 Å². The molecular weight excluding hydrogens is 753 g/mol. The van der Waals surface area contributed by atoms with E-state index in [0.29, 0.717) is 5.95 Å². The molecule has 5 nitrogen and oxygen atoms in total. The van der Waals surface area contributed by atoms with E-state index in [-0.39, 0.29) is 0 Å². The topological polar surface area (TPSA) is 48.8 Å². The summed E-state index contributed by atoms with van der Waals surface area (Å²) in [7, 11) is 0. The highest BCUT2D eigenvalue weighted by Gasteiger charge is 2.24. The Bertz CT molecular complexity index is 4090. The minimum atomic E-state index is 0.625. The third-order valence-corrected chi connectivity index (χ3v) is 13.7. The Kier molecular flexibility index (Phi) is 6.38. The maximum Gasteiger partial charge on any atom is 0.235 e. The number of rotatable bonds is 3. The minimum absolute atomic E-state index is 0.625. The van der Waals surface area contributed by atoms with Crippen LogP contribution in [0.1, 0.15) is 0 Å².